The van der Waals surface area contributed by atoms with Gasteiger partial charge < -0.3 is 0 Å². The van der Waals surface area contributed by atoms with Crippen LogP contribution in [-0.4, -0.2) is 54.8 Å². The van der Waals surface area contributed by atoms with Crippen LogP contribution in [0.3, 0.4) is 0 Å². The van der Waals surface area contributed by atoms with Crippen molar-refractivity contribution in [2.45, 2.75) is 29.8 Å². The maximum absolute atomic E-state index is 12.5. The molecule has 1 aliphatic heterocycles. The molecule has 1 saturated carbocycles. The molecule has 0 atom stereocenters. The highest BCUT2D eigenvalue weighted by atomic mass is 35.5. The minimum atomic E-state index is -3.46. The van der Waals surface area contributed by atoms with Crippen molar-refractivity contribution in [3.05, 3.63) is 23.9 Å². The Hall–Kier alpha value is -0.690. The molecule has 2 aliphatic rings. The molecule has 1 aromatic rings. The molecule has 2 fully saturated rings. The molecule has 20 heavy (non-hydrogen) atoms. The van der Waals surface area contributed by atoms with Crippen LogP contribution in [0.4, 0.5) is 0 Å². The molecule has 0 spiro atoms. The maximum atomic E-state index is 12.5. The molecule has 7 heteroatoms. The molecule has 110 valence electrons. The molecule has 2 heterocycles. The largest absolute Gasteiger partial charge is 0.298 e. The van der Waals surface area contributed by atoms with E-state index in [0.29, 0.717) is 25.0 Å². The molecule has 1 aliphatic carbocycles. The Morgan fingerprint density at radius 3 is 2.40 bits per heavy atom. The quantitative estimate of drug-likeness (QED) is 0.786. The van der Waals surface area contributed by atoms with E-state index in [1.54, 1.807) is 12.1 Å². The van der Waals surface area contributed by atoms with E-state index >= 15 is 0 Å². The Labute approximate surface area is 124 Å². The summed E-state index contributed by atoms with van der Waals surface area (Å²) in [6, 6.07) is 3.95. The van der Waals surface area contributed by atoms with Gasteiger partial charge in [-0.15, -0.1) is 11.6 Å². The van der Waals surface area contributed by atoms with Gasteiger partial charge in [0, 0.05) is 44.3 Å². The summed E-state index contributed by atoms with van der Waals surface area (Å²) >= 11 is 5.69. The third-order valence-electron chi connectivity index (χ3n) is 3.89. The molecule has 1 saturated heterocycles. The topological polar surface area (TPSA) is 53.5 Å². The van der Waals surface area contributed by atoms with Crippen LogP contribution < -0.4 is 0 Å². The summed E-state index contributed by atoms with van der Waals surface area (Å²) in [7, 11) is -3.46. The fourth-order valence-electron chi connectivity index (χ4n) is 2.52. The lowest BCUT2D eigenvalue weighted by Gasteiger charge is -2.33. The van der Waals surface area contributed by atoms with Crippen molar-refractivity contribution in [1.82, 2.24) is 14.2 Å². The highest BCUT2D eigenvalue weighted by Gasteiger charge is 2.35. The van der Waals surface area contributed by atoms with Crippen molar-refractivity contribution in [3.8, 4) is 0 Å². The van der Waals surface area contributed by atoms with Crippen molar-refractivity contribution in [2.75, 3.05) is 26.2 Å². The van der Waals surface area contributed by atoms with Crippen molar-refractivity contribution >= 4 is 21.6 Å². The number of piperazine rings is 1. The van der Waals surface area contributed by atoms with Crippen LogP contribution in [0.1, 0.15) is 18.4 Å². The van der Waals surface area contributed by atoms with Gasteiger partial charge in [-0.05, 0) is 24.5 Å². The van der Waals surface area contributed by atoms with Gasteiger partial charge in [-0.25, -0.2) is 13.4 Å². The molecule has 1 aromatic heterocycles. The van der Waals surface area contributed by atoms with Crippen molar-refractivity contribution in [1.29, 1.82) is 0 Å². The van der Waals surface area contributed by atoms with Crippen LogP contribution in [0, 0.1) is 0 Å². The first-order valence-corrected chi connectivity index (χ1v) is 8.84. The third kappa shape index (κ3) is 2.83. The van der Waals surface area contributed by atoms with Crippen LogP contribution in [0.2, 0.25) is 0 Å². The maximum Gasteiger partial charge on any atom is 0.260 e. The summed E-state index contributed by atoms with van der Waals surface area (Å²) in [5, 5.41) is 0.117. The zero-order valence-corrected chi connectivity index (χ0v) is 12.8. The molecule has 0 radical (unpaired) electrons. The van der Waals surface area contributed by atoms with Gasteiger partial charge >= 0.3 is 0 Å². The van der Waals surface area contributed by atoms with E-state index in [-0.39, 0.29) is 5.03 Å². The fraction of sp³-hybridized carbons (Fsp3) is 0.615. The Kier molecular flexibility index (Phi) is 3.99. The molecule has 0 amide bonds. The number of halogens is 1. The number of aromatic nitrogens is 1. The number of rotatable bonds is 4. The lowest BCUT2D eigenvalue weighted by molar-refractivity contribution is 0.180. The normalized spacial score (nSPS) is 22.1. The van der Waals surface area contributed by atoms with Gasteiger partial charge in [0.05, 0.1) is 0 Å². The molecule has 5 nitrogen and oxygen atoms in total. The van der Waals surface area contributed by atoms with E-state index < -0.39 is 10.0 Å². The number of hydrogen-bond donors (Lipinski definition) is 0. The fourth-order valence-corrected chi connectivity index (χ4v) is 4.02. The molecule has 3 rings (SSSR count). The summed E-state index contributed by atoms with van der Waals surface area (Å²) in [6.45, 7) is 2.75. The van der Waals surface area contributed by atoms with Crippen LogP contribution in [0.15, 0.2) is 23.4 Å². The summed E-state index contributed by atoms with van der Waals surface area (Å²) in [5.41, 5.74) is 0.823. The van der Waals surface area contributed by atoms with E-state index in [2.05, 4.69) is 9.88 Å². The minimum Gasteiger partial charge on any atom is -0.298 e. The van der Waals surface area contributed by atoms with Gasteiger partial charge in [0.25, 0.3) is 10.0 Å². The van der Waals surface area contributed by atoms with E-state index in [9.17, 15) is 8.42 Å². The second-order valence-corrected chi connectivity index (χ2v) is 7.46. The van der Waals surface area contributed by atoms with Gasteiger partial charge in [-0.1, -0.05) is 6.07 Å². The monoisotopic (exact) mass is 315 g/mol. The zero-order chi connectivity index (χ0) is 14.2. The first-order valence-electron chi connectivity index (χ1n) is 6.86. The molecule has 0 unspecified atom stereocenters. The third-order valence-corrected chi connectivity index (χ3v) is 6.02. The highest BCUT2D eigenvalue weighted by Crippen LogP contribution is 2.28. The Morgan fingerprint density at radius 2 is 1.90 bits per heavy atom. The second kappa shape index (κ2) is 5.60. The number of hydrogen-bond acceptors (Lipinski definition) is 4. The summed E-state index contributed by atoms with van der Waals surface area (Å²) in [6.07, 6.45) is 4.04. The smallest absolute Gasteiger partial charge is 0.260 e. The van der Waals surface area contributed by atoms with Crippen molar-refractivity contribution in [2.24, 2.45) is 0 Å². The molecule has 0 N–H and O–H groups in total. The number of alkyl halides is 1. The lowest BCUT2D eigenvalue weighted by atomic mass is 10.3. The van der Waals surface area contributed by atoms with Gasteiger partial charge in [0.1, 0.15) is 0 Å². The predicted octanol–water partition coefficient (Wildman–Crippen LogP) is 1.29. The average Bonchev–Trinajstić information content (AvgIpc) is 3.32. The van der Waals surface area contributed by atoms with Crippen LogP contribution in [0.25, 0.3) is 0 Å². The van der Waals surface area contributed by atoms with Gasteiger partial charge in [0.15, 0.2) is 5.03 Å². The minimum absolute atomic E-state index is 0.117. The van der Waals surface area contributed by atoms with E-state index in [4.69, 9.17) is 11.6 Å². The predicted molar refractivity (Wildman–Crippen MR) is 77.1 cm³/mol. The summed E-state index contributed by atoms with van der Waals surface area (Å²) < 4.78 is 26.5. The average molecular weight is 316 g/mol. The Balaban J connectivity index is 1.71. The van der Waals surface area contributed by atoms with E-state index in [0.717, 1.165) is 18.7 Å². The van der Waals surface area contributed by atoms with Gasteiger partial charge in [0.2, 0.25) is 0 Å². The van der Waals surface area contributed by atoms with Crippen molar-refractivity contribution < 1.29 is 8.42 Å². The highest BCUT2D eigenvalue weighted by molar-refractivity contribution is 7.89. The lowest BCUT2D eigenvalue weighted by Crippen LogP contribution is -2.49. The van der Waals surface area contributed by atoms with E-state index in [1.807, 2.05) is 0 Å². The SMILES string of the molecule is O=S(=O)(c1ccc(CCl)cn1)N1CCN(C2CC2)CC1. The van der Waals surface area contributed by atoms with Crippen LogP contribution in [-0.2, 0) is 15.9 Å². The molecule has 0 bridgehead atoms. The van der Waals surface area contributed by atoms with Gasteiger partial charge in [-0.3, -0.25) is 4.90 Å². The van der Waals surface area contributed by atoms with E-state index in [1.165, 1.54) is 23.3 Å². The van der Waals surface area contributed by atoms with Crippen molar-refractivity contribution in [3.63, 3.8) is 0 Å². The number of nitrogens with zero attached hydrogens (tertiary/aromatic N) is 3. The molecular weight excluding hydrogens is 298 g/mol. The van der Waals surface area contributed by atoms with Crippen LogP contribution in [0.5, 0.6) is 0 Å². The summed E-state index contributed by atoms with van der Waals surface area (Å²) in [4.78, 5) is 6.42. The molecular formula is C13H18ClN3O2S. The zero-order valence-electron chi connectivity index (χ0n) is 11.2. The first-order chi connectivity index (χ1) is 9.61. The van der Waals surface area contributed by atoms with Gasteiger partial charge in [-0.2, -0.15) is 4.31 Å². The molecule has 0 aromatic carbocycles. The Bertz CT molecular complexity index is 564. The standard InChI is InChI=1S/C13H18ClN3O2S/c14-9-11-1-4-13(15-10-11)20(18,19)17-7-5-16(6-8-17)12-2-3-12/h1,4,10,12H,2-3,5-9H2. The van der Waals surface area contributed by atoms with Crippen LogP contribution >= 0.6 is 11.6 Å². The summed E-state index contributed by atoms with van der Waals surface area (Å²) in [5.74, 6) is 0.341. The second-order valence-electron chi connectivity index (χ2n) is 5.31. The first kappa shape index (κ1) is 14.3. The number of pyridine rings is 1. The number of sulfonamides is 1. The Morgan fingerprint density at radius 1 is 1.20 bits per heavy atom.